The summed E-state index contributed by atoms with van der Waals surface area (Å²) in [4.78, 5) is 25.7. The molecular formula is C23H24FNO4. The summed E-state index contributed by atoms with van der Waals surface area (Å²) in [6.45, 7) is 8.76. The average Bonchev–Trinajstić information content (AvgIpc) is 2.90. The molecule has 0 bridgehead atoms. The zero-order valence-corrected chi connectivity index (χ0v) is 17.1. The van der Waals surface area contributed by atoms with Crippen molar-refractivity contribution in [3.05, 3.63) is 65.1 Å². The zero-order chi connectivity index (χ0) is 21.7. The molecule has 2 N–H and O–H groups in total. The van der Waals surface area contributed by atoms with E-state index in [4.69, 9.17) is 0 Å². The highest BCUT2D eigenvalue weighted by molar-refractivity contribution is 6.06. The van der Waals surface area contributed by atoms with Crippen molar-refractivity contribution in [2.75, 3.05) is 0 Å². The molecule has 3 aromatic rings. The smallest absolute Gasteiger partial charge is 0.314 e. The highest BCUT2D eigenvalue weighted by Gasteiger charge is 2.49. The Labute approximate surface area is 168 Å². The van der Waals surface area contributed by atoms with E-state index in [0.717, 1.165) is 6.07 Å². The second-order valence-electron chi connectivity index (χ2n) is 8.49. The third-order valence-electron chi connectivity index (χ3n) is 5.89. The minimum atomic E-state index is -1.35. The lowest BCUT2D eigenvalue weighted by atomic mass is 9.63. The molecule has 0 saturated heterocycles. The number of carbonyl (C=O) groups excluding carboxylic acids is 1. The molecule has 0 radical (unpaired) electrons. The van der Waals surface area contributed by atoms with E-state index < -0.39 is 28.5 Å². The summed E-state index contributed by atoms with van der Waals surface area (Å²) in [7, 11) is 0. The highest BCUT2D eigenvalue weighted by Crippen LogP contribution is 2.47. The third kappa shape index (κ3) is 3.09. The maximum atomic E-state index is 13.7. The minimum absolute atomic E-state index is 0.0317. The molecule has 6 heteroatoms. The van der Waals surface area contributed by atoms with E-state index >= 15 is 0 Å². The fraction of sp³-hybridized carbons (Fsp3) is 0.304. The van der Waals surface area contributed by atoms with E-state index in [1.165, 1.54) is 34.9 Å². The summed E-state index contributed by atoms with van der Waals surface area (Å²) in [6, 6.07) is 9.85. The van der Waals surface area contributed by atoms with Crippen LogP contribution in [0.25, 0.3) is 10.9 Å². The topological polar surface area (TPSA) is 79.5 Å². The molecule has 2 aromatic carbocycles. The second kappa shape index (κ2) is 6.72. The van der Waals surface area contributed by atoms with Gasteiger partial charge in [0.15, 0.2) is 0 Å². The van der Waals surface area contributed by atoms with E-state index in [0.29, 0.717) is 22.2 Å². The van der Waals surface area contributed by atoms with Crippen LogP contribution in [-0.2, 0) is 10.2 Å². The molecule has 1 aromatic heterocycles. The second-order valence-corrected chi connectivity index (χ2v) is 8.49. The molecule has 0 aliphatic rings. The molecule has 0 aliphatic heterocycles. The van der Waals surface area contributed by atoms with E-state index in [2.05, 4.69) is 0 Å². The number of nitrogens with zero attached hydrogens (tertiary/aromatic N) is 1. The normalized spacial score (nSPS) is 14.0. The van der Waals surface area contributed by atoms with Crippen LogP contribution in [0.5, 0.6) is 5.75 Å². The zero-order valence-electron chi connectivity index (χ0n) is 17.1. The molecule has 1 heterocycles. The Morgan fingerprint density at radius 1 is 1.03 bits per heavy atom. The lowest BCUT2D eigenvalue weighted by molar-refractivity contribution is -0.147. The van der Waals surface area contributed by atoms with Crippen LogP contribution in [0.3, 0.4) is 0 Å². The van der Waals surface area contributed by atoms with Crippen molar-refractivity contribution < 1.29 is 24.2 Å². The van der Waals surface area contributed by atoms with Crippen molar-refractivity contribution >= 4 is 22.8 Å². The molecule has 0 fully saturated rings. The lowest BCUT2D eigenvalue weighted by Gasteiger charge is -2.39. The molecular weight excluding hydrogens is 373 g/mol. The number of carboxylic acids is 1. The number of rotatable bonds is 3. The summed E-state index contributed by atoms with van der Waals surface area (Å²) < 4.78 is 15.1. The first kappa shape index (κ1) is 20.6. The van der Waals surface area contributed by atoms with Gasteiger partial charge in [-0.2, -0.15) is 0 Å². The Bertz CT molecular complexity index is 1140. The van der Waals surface area contributed by atoms with Crippen LogP contribution >= 0.6 is 0 Å². The number of phenols is 1. The molecule has 5 nitrogen and oxygen atoms in total. The Balaban J connectivity index is 2.42. The van der Waals surface area contributed by atoms with Crippen LogP contribution < -0.4 is 0 Å². The van der Waals surface area contributed by atoms with Crippen molar-refractivity contribution in [2.24, 2.45) is 5.41 Å². The molecule has 0 amide bonds. The van der Waals surface area contributed by atoms with E-state index in [1.807, 2.05) is 20.8 Å². The number of phenolic OH excluding ortho intramolecular Hbond substituents is 1. The number of fused-ring (bicyclic) bond motifs is 1. The van der Waals surface area contributed by atoms with Crippen molar-refractivity contribution in [3.63, 3.8) is 0 Å². The number of benzene rings is 2. The molecule has 0 unspecified atom stereocenters. The Kier molecular flexibility index (Phi) is 4.77. The molecule has 3 rings (SSSR count). The highest BCUT2D eigenvalue weighted by atomic mass is 19.1. The van der Waals surface area contributed by atoms with Gasteiger partial charge in [0.25, 0.3) is 5.91 Å². The quantitative estimate of drug-likeness (QED) is 0.661. The van der Waals surface area contributed by atoms with E-state index in [-0.39, 0.29) is 11.3 Å². The third-order valence-corrected chi connectivity index (χ3v) is 5.89. The number of carboxylic acid groups (broad SMARTS) is 1. The predicted octanol–water partition coefficient (Wildman–Crippen LogP) is 4.87. The first-order valence-corrected chi connectivity index (χ1v) is 9.27. The van der Waals surface area contributed by atoms with Crippen LogP contribution in [0.4, 0.5) is 4.39 Å². The monoisotopic (exact) mass is 397 g/mol. The van der Waals surface area contributed by atoms with Crippen LogP contribution in [-0.4, -0.2) is 26.7 Å². The summed E-state index contributed by atoms with van der Waals surface area (Å²) in [5.41, 5.74) is -0.543. The van der Waals surface area contributed by atoms with Crippen molar-refractivity contribution in [3.8, 4) is 5.75 Å². The molecule has 0 saturated carbocycles. The Morgan fingerprint density at radius 3 is 2.24 bits per heavy atom. The van der Waals surface area contributed by atoms with E-state index in [1.54, 1.807) is 19.9 Å². The van der Waals surface area contributed by atoms with Gasteiger partial charge in [-0.25, -0.2) is 4.39 Å². The largest absolute Gasteiger partial charge is 0.508 e. The summed E-state index contributed by atoms with van der Waals surface area (Å²) >= 11 is 0. The number of hydrogen-bond acceptors (Lipinski definition) is 3. The van der Waals surface area contributed by atoms with Gasteiger partial charge in [-0.15, -0.1) is 0 Å². The van der Waals surface area contributed by atoms with Crippen LogP contribution in [0.1, 0.15) is 49.3 Å². The number of aliphatic carboxylic acids is 1. The van der Waals surface area contributed by atoms with Gasteiger partial charge < -0.3 is 10.2 Å². The molecule has 0 spiro atoms. The SMILES string of the molecule is Cc1c([C@](C)(C(=O)O)C(C)(C)C)c2cc(O)ccc2n1C(=O)c1cccc(F)c1. The average molecular weight is 397 g/mol. The fourth-order valence-corrected chi connectivity index (χ4v) is 3.85. The standard InChI is InChI=1S/C23H24FNO4/c1-13-19(23(5,21(28)29)22(2,3)4)17-12-16(26)9-10-18(17)25(13)20(27)14-7-6-8-15(24)11-14/h6-12,26H,1-5H3,(H,28,29)/t23-/m1/s1. The van der Waals surface area contributed by atoms with Gasteiger partial charge in [-0.05, 0) is 61.2 Å². The van der Waals surface area contributed by atoms with Gasteiger partial charge in [0.1, 0.15) is 11.6 Å². The first-order chi connectivity index (χ1) is 13.4. The van der Waals surface area contributed by atoms with Crippen molar-refractivity contribution in [1.29, 1.82) is 0 Å². The fourth-order valence-electron chi connectivity index (χ4n) is 3.85. The summed E-state index contributed by atoms with van der Waals surface area (Å²) in [5.74, 6) is -2.07. The number of halogens is 1. The van der Waals surface area contributed by atoms with Crippen LogP contribution in [0.2, 0.25) is 0 Å². The van der Waals surface area contributed by atoms with Gasteiger partial charge in [0.2, 0.25) is 0 Å². The Morgan fingerprint density at radius 2 is 1.69 bits per heavy atom. The minimum Gasteiger partial charge on any atom is -0.508 e. The number of aromatic hydroxyl groups is 1. The van der Waals surface area contributed by atoms with Crippen molar-refractivity contribution in [2.45, 2.75) is 40.0 Å². The summed E-state index contributed by atoms with van der Waals surface area (Å²) in [6.07, 6.45) is 0. The first-order valence-electron chi connectivity index (χ1n) is 9.27. The molecule has 152 valence electrons. The van der Waals surface area contributed by atoms with Crippen LogP contribution in [0.15, 0.2) is 42.5 Å². The van der Waals surface area contributed by atoms with Gasteiger partial charge in [-0.3, -0.25) is 14.2 Å². The van der Waals surface area contributed by atoms with Gasteiger partial charge >= 0.3 is 5.97 Å². The molecule has 0 aliphatic carbocycles. The maximum absolute atomic E-state index is 13.7. The van der Waals surface area contributed by atoms with Crippen LogP contribution in [0, 0.1) is 18.2 Å². The summed E-state index contributed by atoms with van der Waals surface area (Å²) in [5, 5.41) is 20.7. The number of aromatic nitrogens is 1. The lowest BCUT2D eigenvalue weighted by Crippen LogP contribution is -2.45. The Hall–Kier alpha value is -3.15. The van der Waals surface area contributed by atoms with Gasteiger partial charge in [-0.1, -0.05) is 26.8 Å². The van der Waals surface area contributed by atoms with Crippen molar-refractivity contribution in [1.82, 2.24) is 4.57 Å². The number of carbonyl (C=O) groups is 2. The van der Waals surface area contributed by atoms with E-state index in [9.17, 15) is 24.2 Å². The molecule has 29 heavy (non-hydrogen) atoms. The predicted molar refractivity (Wildman–Crippen MR) is 109 cm³/mol. The number of hydrogen-bond donors (Lipinski definition) is 2. The van der Waals surface area contributed by atoms with Gasteiger partial charge in [0, 0.05) is 16.6 Å². The maximum Gasteiger partial charge on any atom is 0.314 e. The molecule has 1 atom stereocenters. The van der Waals surface area contributed by atoms with Gasteiger partial charge in [0.05, 0.1) is 10.9 Å².